The van der Waals surface area contributed by atoms with Gasteiger partial charge in [-0.2, -0.15) is 0 Å². The smallest absolute Gasteiger partial charge is 0.129 e. The number of ketones is 1. The molecule has 1 aromatic heterocycles. The molecule has 166 valence electrons. The Labute approximate surface area is 191 Å². The minimum atomic E-state index is 0.260. The second-order valence-corrected chi connectivity index (χ2v) is 8.81. The first kappa shape index (κ1) is 22.3. The lowest BCUT2D eigenvalue weighted by Crippen LogP contribution is -2.36. The highest BCUT2D eigenvalue weighted by atomic mass is 16.1. The van der Waals surface area contributed by atoms with Crippen LogP contribution in [0.3, 0.4) is 0 Å². The zero-order chi connectivity index (χ0) is 22.3. The highest BCUT2D eigenvalue weighted by Gasteiger charge is 2.28. The molecule has 4 rings (SSSR count). The molecule has 1 atom stereocenters. The lowest BCUT2D eigenvalue weighted by Gasteiger charge is -2.34. The molecule has 0 bridgehead atoms. The maximum Gasteiger partial charge on any atom is 0.129 e. The third kappa shape index (κ3) is 5.31. The van der Waals surface area contributed by atoms with Crippen molar-refractivity contribution in [3.63, 3.8) is 0 Å². The molecule has 0 amide bonds. The molecule has 1 unspecified atom stereocenters. The second kappa shape index (κ2) is 10.6. The van der Waals surface area contributed by atoms with Gasteiger partial charge in [0.25, 0.3) is 0 Å². The molecule has 32 heavy (non-hydrogen) atoms. The van der Waals surface area contributed by atoms with Crippen LogP contribution in [0, 0.1) is 0 Å². The van der Waals surface area contributed by atoms with Gasteiger partial charge in [-0.1, -0.05) is 73.5 Å². The van der Waals surface area contributed by atoms with Crippen molar-refractivity contribution < 1.29 is 4.79 Å². The van der Waals surface area contributed by atoms with Crippen LogP contribution in [0.4, 0.5) is 0 Å². The van der Waals surface area contributed by atoms with Crippen molar-refractivity contribution in [1.29, 1.82) is 0 Å². The molecule has 2 aromatic carbocycles. The van der Waals surface area contributed by atoms with Gasteiger partial charge >= 0.3 is 0 Å². The summed E-state index contributed by atoms with van der Waals surface area (Å²) in [7, 11) is 0. The number of fused-ring (bicyclic) bond motifs is 1. The Morgan fingerprint density at radius 2 is 1.47 bits per heavy atom. The van der Waals surface area contributed by atoms with Gasteiger partial charge in [0.2, 0.25) is 0 Å². The molecule has 4 nitrogen and oxygen atoms in total. The Morgan fingerprint density at radius 1 is 0.875 bits per heavy atom. The summed E-state index contributed by atoms with van der Waals surface area (Å²) in [5.41, 5.74) is 6.41. The molecule has 0 saturated heterocycles. The summed E-state index contributed by atoms with van der Waals surface area (Å²) in [4.78, 5) is 24.0. The fourth-order valence-electron chi connectivity index (χ4n) is 4.56. The van der Waals surface area contributed by atoms with Gasteiger partial charge < -0.3 is 4.79 Å². The summed E-state index contributed by atoms with van der Waals surface area (Å²) in [5.74, 6) is 0.300. The molecule has 0 radical (unpaired) electrons. The predicted octanol–water partition coefficient (Wildman–Crippen LogP) is 6.27. The molecule has 0 fully saturated rings. The minimum absolute atomic E-state index is 0.260. The van der Waals surface area contributed by atoms with Crippen molar-refractivity contribution in [3.8, 4) is 22.5 Å². The van der Waals surface area contributed by atoms with Crippen LogP contribution in [-0.4, -0.2) is 33.7 Å². The molecule has 0 spiro atoms. The van der Waals surface area contributed by atoms with E-state index in [1.54, 1.807) is 6.92 Å². The van der Waals surface area contributed by atoms with Crippen LogP contribution in [0.2, 0.25) is 0 Å². The quantitative estimate of drug-likeness (QED) is 0.378. The van der Waals surface area contributed by atoms with Gasteiger partial charge in [-0.25, -0.2) is 9.97 Å². The van der Waals surface area contributed by atoms with Crippen molar-refractivity contribution in [2.45, 2.75) is 58.4 Å². The van der Waals surface area contributed by atoms with Crippen LogP contribution < -0.4 is 0 Å². The van der Waals surface area contributed by atoms with Crippen LogP contribution in [0.15, 0.2) is 60.7 Å². The number of hydrogen-bond donors (Lipinski definition) is 0. The van der Waals surface area contributed by atoms with Crippen LogP contribution in [-0.2, 0) is 11.2 Å². The summed E-state index contributed by atoms with van der Waals surface area (Å²) in [6.07, 6.45) is 6.15. The summed E-state index contributed by atoms with van der Waals surface area (Å²) < 4.78 is 0. The van der Waals surface area contributed by atoms with Gasteiger partial charge in [0.15, 0.2) is 0 Å². The molecule has 1 aliphatic rings. The highest BCUT2D eigenvalue weighted by molar-refractivity contribution is 5.78. The van der Waals surface area contributed by atoms with Gasteiger partial charge in [-0.3, -0.25) is 4.90 Å². The van der Waals surface area contributed by atoms with E-state index in [1.165, 1.54) is 12.8 Å². The van der Waals surface area contributed by atoms with Crippen molar-refractivity contribution in [1.82, 2.24) is 14.9 Å². The number of carbonyl (C=O) groups is 1. The number of unbranched alkanes of at least 4 members (excludes halogenated alkanes) is 3. The zero-order valence-electron chi connectivity index (χ0n) is 19.3. The lowest BCUT2D eigenvalue weighted by atomic mass is 9.98. The van der Waals surface area contributed by atoms with Gasteiger partial charge in [0, 0.05) is 30.5 Å². The topological polar surface area (TPSA) is 46.1 Å². The number of Topliss-reactive ketones (excluding diaryl/α,β-unsaturated/α-hetero) is 1. The third-order valence-electron chi connectivity index (χ3n) is 6.40. The van der Waals surface area contributed by atoms with Gasteiger partial charge in [-0.05, 0) is 33.2 Å². The maximum atomic E-state index is 11.1. The van der Waals surface area contributed by atoms with E-state index in [0.717, 1.165) is 72.7 Å². The molecule has 0 saturated carbocycles. The standard InChI is InChI=1S/C28H33N3O/c1-21(32)13-7-3-4-12-19-31-20-18-25-26(22(31)2)30-28(24-16-10-6-11-17-24)27(29-25)23-14-8-5-9-15-23/h5-6,8-11,14-17,22H,3-4,7,12-13,18-20H2,1-2H3. The van der Waals surface area contributed by atoms with E-state index in [0.29, 0.717) is 5.78 Å². The van der Waals surface area contributed by atoms with Crippen LogP contribution in [0.1, 0.15) is 63.4 Å². The molecular formula is C28H33N3O. The van der Waals surface area contributed by atoms with Crippen LogP contribution >= 0.6 is 0 Å². The Bertz CT molecular complexity index is 1030. The summed E-state index contributed by atoms with van der Waals surface area (Å²) in [6, 6.07) is 21.1. The first-order chi connectivity index (χ1) is 15.6. The Hall–Kier alpha value is -2.85. The monoisotopic (exact) mass is 427 g/mol. The third-order valence-corrected chi connectivity index (χ3v) is 6.40. The van der Waals surface area contributed by atoms with Gasteiger partial charge in [-0.15, -0.1) is 0 Å². The Balaban J connectivity index is 1.55. The number of aromatic nitrogens is 2. The first-order valence-corrected chi connectivity index (χ1v) is 11.9. The number of nitrogens with zero attached hydrogens (tertiary/aromatic N) is 3. The Kier molecular flexibility index (Phi) is 7.43. The van der Waals surface area contributed by atoms with Crippen molar-refractivity contribution in [2.75, 3.05) is 13.1 Å². The van der Waals surface area contributed by atoms with E-state index >= 15 is 0 Å². The van der Waals surface area contributed by atoms with Crippen molar-refractivity contribution in [2.24, 2.45) is 0 Å². The van der Waals surface area contributed by atoms with E-state index in [9.17, 15) is 4.79 Å². The average Bonchev–Trinajstić information content (AvgIpc) is 2.83. The molecule has 1 aliphatic heterocycles. The van der Waals surface area contributed by atoms with Gasteiger partial charge in [0.05, 0.1) is 28.8 Å². The van der Waals surface area contributed by atoms with Crippen molar-refractivity contribution in [3.05, 3.63) is 72.1 Å². The second-order valence-electron chi connectivity index (χ2n) is 8.81. The van der Waals surface area contributed by atoms with Crippen LogP contribution in [0.25, 0.3) is 22.5 Å². The molecule has 0 aliphatic carbocycles. The molecule has 4 heteroatoms. The molecular weight excluding hydrogens is 394 g/mol. The fraction of sp³-hybridized carbons (Fsp3) is 0.393. The minimum Gasteiger partial charge on any atom is -0.300 e. The van der Waals surface area contributed by atoms with E-state index in [4.69, 9.17) is 9.97 Å². The van der Waals surface area contributed by atoms with E-state index in [2.05, 4.69) is 60.4 Å². The summed E-state index contributed by atoms with van der Waals surface area (Å²) in [6.45, 7) is 6.04. The highest BCUT2D eigenvalue weighted by Crippen LogP contribution is 2.34. The van der Waals surface area contributed by atoms with Gasteiger partial charge in [0.1, 0.15) is 5.78 Å². The maximum absolute atomic E-state index is 11.1. The number of rotatable bonds is 9. The number of hydrogen-bond acceptors (Lipinski definition) is 4. The lowest BCUT2D eigenvalue weighted by molar-refractivity contribution is -0.117. The van der Waals surface area contributed by atoms with E-state index in [-0.39, 0.29) is 6.04 Å². The Morgan fingerprint density at radius 3 is 2.09 bits per heavy atom. The van der Waals surface area contributed by atoms with E-state index in [1.807, 2.05) is 12.1 Å². The van der Waals surface area contributed by atoms with E-state index < -0.39 is 0 Å². The first-order valence-electron chi connectivity index (χ1n) is 11.9. The summed E-state index contributed by atoms with van der Waals surface area (Å²) >= 11 is 0. The number of carbonyl (C=O) groups excluding carboxylic acids is 1. The van der Waals surface area contributed by atoms with Crippen LogP contribution in [0.5, 0.6) is 0 Å². The van der Waals surface area contributed by atoms with Crippen molar-refractivity contribution >= 4 is 5.78 Å². The number of benzene rings is 2. The molecule has 2 heterocycles. The normalized spacial score (nSPS) is 16.0. The zero-order valence-corrected chi connectivity index (χ0v) is 19.3. The average molecular weight is 428 g/mol. The predicted molar refractivity (Wildman–Crippen MR) is 130 cm³/mol. The molecule has 0 N–H and O–H groups in total. The SMILES string of the molecule is CC(=O)CCCCCCN1CCc2nc(-c3ccccc3)c(-c3ccccc3)nc2C1C. The summed E-state index contributed by atoms with van der Waals surface area (Å²) in [5, 5.41) is 0. The molecule has 3 aromatic rings. The fourth-order valence-corrected chi connectivity index (χ4v) is 4.56. The largest absolute Gasteiger partial charge is 0.300 e.